The van der Waals surface area contributed by atoms with Crippen LogP contribution in [0.5, 0.6) is 0 Å². The third-order valence-electron chi connectivity index (χ3n) is 7.39. The van der Waals surface area contributed by atoms with E-state index in [0.29, 0.717) is 24.1 Å². The molecule has 4 heterocycles. The van der Waals surface area contributed by atoms with E-state index >= 15 is 0 Å². The van der Waals surface area contributed by atoms with E-state index in [1.165, 1.54) is 27.2 Å². The molecule has 0 aliphatic carbocycles. The van der Waals surface area contributed by atoms with Gasteiger partial charge in [0, 0.05) is 39.8 Å². The molecule has 0 radical (unpaired) electrons. The minimum absolute atomic E-state index is 0.0303. The van der Waals surface area contributed by atoms with Crippen molar-refractivity contribution in [3.05, 3.63) is 33.9 Å². The Labute approximate surface area is 205 Å². The average molecular weight is 500 g/mol. The zero-order chi connectivity index (χ0) is 25.4. The van der Waals surface area contributed by atoms with Gasteiger partial charge in [-0.05, 0) is 36.1 Å². The van der Waals surface area contributed by atoms with Crippen molar-refractivity contribution in [2.45, 2.75) is 25.3 Å². The number of fused-ring (bicyclic) bond motifs is 4. The number of imide groups is 4. The molecule has 12 heteroatoms. The number of benzene rings is 1. The van der Waals surface area contributed by atoms with Crippen LogP contribution in [0.15, 0.2) is 17.7 Å². The topological polar surface area (TPSA) is 127 Å². The molecule has 182 valence electrons. The molecule has 8 amide bonds. The Kier molecular flexibility index (Phi) is 5.03. The highest BCUT2D eigenvalue weighted by Crippen LogP contribution is 2.51. The fourth-order valence-electron chi connectivity index (χ4n) is 5.57. The monoisotopic (exact) mass is 499 g/mol. The highest BCUT2D eigenvalue weighted by atomic mass is 35.5. The molecular formula is C23H22ClN5O6. The largest absolute Gasteiger partial charge is 0.367 e. The van der Waals surface area contributed by atoms with Crippen LogP contribution in [0.1, 0.15) is 24.0 Å². The van der Waals surface area contributed by atoms with Gasteiger partial charge in [0.2, 0.25) is 11.8 Å². The summed E-state index contributed by atoms with van der Waals surface area (Å²) in [7, 11) is 3.97. The first-order valence-electron chi connectivity index (χ1n) is 11.0. The summed E-state index contributed by atoms with van der Waals surface area (Å²) in [6.45, 7) is 0.603. The number of carbonyl (C=O) groups excluding carboxylic acids is 6. The number of rotatable bonds is 1. The standard InChI is InChI=1S/C23H22ClN5O6/c1-26-18(31)12(17(30)25-21(26)34)9-11-6-7-14-13(16(11)24)10-23(15-5-4-8-29(14)15)19(32)27(2)22(35)28(3)20(23)33/h6-7,9,15H,4-5,8,10H2,1-3H3,(H,25,30,34)/b12-9-/t15-/m1/s1. The first kappa shape index (κ1) is 23.0. The summed E-state index contributed by atoms with van der Waals surface area (Å²) in [6, 6.07) is 1.50. The van der Waals surface area contributed by atoms with Crippen molar-refractivity contribution in [2.75, 3.05) is 32.6 Å². The van der Waals surface area contributed by atoms with E-state index in [1.807, 2.05) is 4.90 Å². The van der Waals surface area contributed by atoms with Gasteiger partial charge in [0.15, 0.2) is 5.41 Å². The normalized spacial score (nSPS) is 25.0. The third-order valence-corrected chi connectivity index (χ3v) is 7.83. The van der Waals surface area contributed by atoms with E-state index < -0.39 is 47.1 Å². The van der Waals surface area contributed by atoms with Gasteiger partial charge in [-0.3, -0.25) is 39.2 Å². The molecule has 0 bridgehead atoms. The number of barbiturate groups is 2. The SMILES string of the molecule is CN1C(=O)NC(=O)/C(=C/c2ccc3c(c2Cl)CC2(C(=O)N(C)C(=O)N(C)C2=O)[C@H]2CCCN32)C1=O. The van der Waals surface area contributed by atoms with E-state index in [4.69, 9.17) is 11.6 Å². The lowest BCUT2D eigenvalue weighted by molar-refractivity contribution is -0.159. The second-order valence-electron chi connectivity index (χ2n) is 9.16. The van der Waals surface area contributed by atoms with Crippen LogP contribution in [0.3, 0.4) is 0 Å². The molecule has 0 saturated carbocycles. The molecule has 35 heavy (non-hydrogen) atoms. The van der Waals surface area contributed by atoms with Crippen LogP contribution in [0.2, 0.25) is 5.02 Å². The van der Waals surface area contributed by atoms with E-state index in [-0.39, 0.29) is 17.0 Å². The van der Waals surface area contributed by atoms with Gasteiger partial charge in [-0.1, -0.05) is 17.7 Å². The second kappa shape index (κ2) is 7.64. The Bertz CT molecular complexity index is 1270. The Balaban J connectivity index is 1.65. The molecule has 1 N–H and O–H groups in total. The fourth-order valence-corrected chi connectivity index (χ4v) is 5.85. The number of anilines is 1. The van der Waals surface area contributed by atoms with Crippen LogP contribution >= 0.6 is 11.6 Å². The predicted octanol–water partition coefficient (Wildman–Crippen LogP) is 0.993. The molecule has 0 unspecified atom stereocenters. The van der Waals surface area contributed by atoms with Crippen molar-refractivity contribution >= 4 is 59.1 Å². The molecule has 3 fully saturated rings. The van der Waals surface area contributed by atoms with Gasteiger partial charge in [0.05, 0.1) is 11.1 Å². The number of urea groups is 2. The summed E-state index contributed by atoms with van der Waals surface area (Å²) in [5.74, 6) is -2.77. The smallest absolute Gasteiger partial charge is 0.332 e. The van der Waals surface area contributed by atoms with Crippen LogP contribution in [-0.4, -0.2) is 84.1 Å². The summed E-state index contributed by atoms with van der Waals surface area (Å²) >= 11 is 6.78. The van der Waals surface area contributed by atoms with Crippen molar-refractivity contribution in [2.24, 2.45) is 5.41 Å². The van der Waals surface area contributed by atoms with Crippen LogP contribution in [0, 0.1) is 5.41 Å². The Hall–Kier alpha value is -3.73. The number of nitrogens with zero attached hydrogens (tertiary/aromatic N) is 4. The lowest BCUT2D eigenvalue weighted by atomic mass is 9.68. The molecular weight excluding hydrogens is 478 g/mol. The van der Waals surface area contributed by atoms with E-state index in [2.05, 4.69) is 5.32 Å². The number of halogens is 1. The fraction of sp³-hybridized carbons (Fsp3) is 0.391. The first-order chi connectivity index (χ1) is 16.5. The van der Waals surface area contributed by atoms with E-state index in [1.54, 1.807) is 12.1 Å². The van der Waals surface area contributed by atoms with Gasteiger partial charge in [-0.15, -0.1) is 0 Å². The number of amides is 8. The summed E-state index contributed by atoms with van der Waals surface area (Å²) in [4.78, 5) is 80.7. The number of likely N-dealkylation sites (N-methyl/N-ethyl adjacent to an activating group) is 1. The summed E-state index contributed by atoms with van der Waals surface area (Å²) in [5.41, 5.74) is -0.188. The Morgan fingerprint density at radius 3 is 2.31 bits per heavy atom. The molecule has 4 aliphatic heterocycles. The minimum Gasteiger partial charge on any atom is -0.367 e. The molecule has 5 rings (SSSR count). The Morgan fingerprint density at radius 1 is 1.00 bits per heavy atom. The maximum atomic E-state index is 13.5. The predicted molar refractivity (Wildman–Crippen MR) is 123 cm³/mol. The van der Waals surface area contributed by atoms with Crippen molar-refractivity contribution in [1.82, 2.24) is 20.0 Å². The van der Waals surface area contributed by atoms with Crippen LogP contribution in [-0.2, 0) is 25.6 Å². The third kappa shape index (κ3) is 2.97. The molecule has 1 atom stereocenters. The highest BCUT2D eigenvalue weighted by molar-refractivity contribution is 6.35. The van der Waals surface area contributed by atoms with Crippen molar-refractivity contribution < 1.29 is 28.8 Å². The zero-order valence-electron chi connectivity index (χ0n) is 19.3. The maximum absolute atomic E-state index is 13.5. The number of nitrogens with one attached hydrogen (secondary N) is 1. The summed E-state index contributed by atoms with van der Waals surface area (Å²) in [6.07, 6.45) is 2.62. The first-order valence-corrected chi connectivity index (χ1v) is 11.4. The van der Waals surface area contributed by atoms with E-state index in [9.17, 15) is 28.8 Å². The second-order valence-corrected chi connectivity index (χ2v) is 9.54. The average Bonchev–Trinajstić information content (AvgIpc) is 3.34. The molecule has 1 aromatic carbocycles. The molecule has 4 aliphatic rings. The summed E-state index contributed by atoms with van der Waals surface area (Å²) < 4.78 is 0. The minimum atomic E-state index is -1.53. The number of carbonyl (C=O) groups is 6. The van der Waals surface area contributed by atoms with Crippen molar-refractivity contribution in [3.63, 3.8) is 0 Å². The number of hydrogen-bond donors (Lipinski definition) is 1. The molecule has 1 aromatic rings. The molecule has 1 spiro atoms. The molecule has 3 saturated heterocycles. The van der Waals surface area contributed by atoms with Gasteiger partial charge in [0.25, 0.3) is 11.8 Å². The van der Waals surface area contributed by atoms with Gasteiger partial charge < -0.3 is 4.90 Å². The zero-order valence-corrected chi connectivity index (χ0v) is 20.0. The van der Waals surface area contributed by atoms with Crippen molar-refractivity contribution in [1.29, 1.82) is 0 Å². The van der Waals surface area contributed by atoms with Crippen LogP contribution < -0.4 is 10.2 Å². The molecule has 11 nitrogen and oxygen atoms in total. The highest BCUT2D eigenvalue weighted by Gasteiger charge is 2.64. The Morgan fingerprint density at radius 2 is 1.66 bits per heavy atom. The quantitative estimate of drug-likeness (QED) is 0.347. The molecule has 0 aromatic heterocycles. The van der Waals surface area contributed by atoms with Gasteiger partial charge in [-0.2, -0.15) is 0 Å². The van der Waals surface area contributed by atoms with E-state index in [0.717, 1.165) is 26.8 Å². The van der Waals surface area contributed by atoms with Crippen LogP contribution in [0.25, 0.3) is 6.08 Å². The summed E-state index contributed by atoms with van der Waals surface area (Å²) in [5, 5.41) is 2.27. The maximum Gasteiger partial charge on any atom is 0.332 e. The van der Waals surface area contributed by atoms with Gasteiger partial charge in [-0.25, -0.2) is 9.59 Å². The van der Waals surface area contributed by atoms with Gasteiger partial charge in [0.1, 0.15) is 5.57 Å². The van der Waals surface area contributed by atoms with Gasteiger partial charge >= 0.3 is 12.1 Å². The van der Waals surface area contributed by atoms with Crippen LogP contribution in [0.4, 0.5) is 15.3 Å². The lowest BCUT2D eigenvalue weighted by Gasteiger charge is -2.51. The van der Waals surface area contributed by atoms with Crippen molar-refractivity contribution in [3.8, 4) is 0 Å². The number of hydrogen-bond acceptors (Lipinski definition) is 7. The lowest BCUT2D eigenvalue weighted by Crippen LogP contribution is -2.70.